The van der Waals surface area contributed by atoms with Gasteiger partial charge in [-0.15, -0.1) is 0 Å². The molecule has 2 aromatic rings. The van der Waals surface area contributed by atoms with Gasteiger partial charge in [0.15, 0.2) is 11.5 Å². The zero-order chi connectivity index (χ0) is 19.6. The predicted molar refractivity (Wildman–Crippen MR) is 119 cm³/mol. The lowest BCUT2D eigenvalue weighted by molar-refractivity contribution is 0.269. The van der Waals surface area contributed by atoms with Crippen LogP contribution < -0.4 is 14.8 Å². The Hall–Kier alpha value is -1.78. The van der Waals surface area contributed by atoms with E-state index >= 15 is 0 Å². The van der Waals surface area contributed by atoms with E-state index in [1.807, 2.05) is 31.2 Å². The molecule has 0 amide bonds. The van der Waals surface area contributed by atoms with Crippen LogP contribution in [-0.4, -0.2) is 13.2 Å². The highest BCUT2D eigenvalue weighted by atomic mass is 79.9. The van der Waals surface area contributed by atoms with E-state index in [0.29, 0.717) is 13.2 Å². The minimum atomic E-state index is 0.528. The summed E-state index contributed by atoms with van der Waals surface area (Å²) in [5, 5.41) is 3.57. The second kappa shape index (κ2) is 11.3. The number of ether oxygens (including phenoxy) is 2. The second-order valence-corrected chi connectivity index (χ2v) is 7.99. The lowest BCUT2D eigenvalue weighted by atomic mass is 9.97. The molecule has 0 atom stereocenters. The van der Waals surface area contributed by atoms with Crippen LogP contribution in [0.3, 0.4) is 0 Å². The average Bonchev–Trinajstić information content (AvgIpc) is 2.73. The van der Waals surface area contributed by atoms with Crippen LogP contribution in [0.1, 0.15) is 50.2 Å². The molecule has 1 aliphatic carbocycles. The summed E-state index contributed by atoms with van der Waals surface area (Å²) in [6.45, 7) is 4.96. The van der Waals surface area contributed by atoms with Crippen molar-refractivity contribution in [3.05, 3.63) is 69.7 Å². The Labute approximate surface area is 177 Å². The van der Waals surface area contributed by atoms with Crippen LogP contribution >= 0.6 is 15.9 Å². The number of hydrogen-bond donors (Lipinski definition) is 1. The topological polar surface area (TPSA) is 30.5 Å². The first-order valence-corrected chi connectivity index (χ1v) is 11.1. The van der Waals surface area contributed by atoms with Gasteiger partial charge in [-0.25, -0.2) is 0 Å². The van der Waals surface area contributed by atoms with Gasteiger partial charge in [0.25, 0.3) is 0 Å². The number of rotatable bonds is 10. The quantitative estimate of drug-likeness (QED) is 0.340. The van der Waals surface area contributed by atoms with E-state index in [9.17, 15) is 0 Å². The van der Waals surface area contributed by atoms with Crippen molar-refractivity contribution in [2.24, 2.45) is 0 Å². The molecule has 4 heteroatoms. The maximum absolute atomic E-state index is 6.03. The molecule has 2 aromatic carbocycles. The van der Waals surface area contributed by atoms with Gasteiger partial charge in [0, 0.05) is 11.0 Å². The summed E-state index contributed by atoms with van der Waals surface area (Å²) in [6, 6.07) is 14.3. The van der Waals surface area contributed by atoms with Crippen molar-refractivity contribution in [1.82, 2.24) is 5.32 Å². The molecule has 0 saturated heterocycles. The number of allylic oxidation sites excluding steroid dienone is 1. The molecule has 1 N–H and O–H groups in total. The maximum Gasteiger partial charge on any atom is 0.162 e. The summed E-state index contributed by atoms with van der Waals surface area (Å²) >= 11 is 3.70. The van der Waals surface area contributed by atoms with Crippen LogP contribution in [0, 0.1) is 0 Å². The van der Waals surface area contributed by atoms with Gasteiger partial charge in [-0.1, -0.05) is 57.9 Å². The third kappa shape index (κ3) is 6.39. The molecule has 0 unspecified atom stereocenters. The molecule has 0 aliphatic heterocycles. The smallest absolute Gasteiger partial charge is 0.162 e. The zero-order valence-corrected chi connectivity index (χ0v) is 18.3. The fourth-order valence-corrected chi connectivity index (χ4v) is 3.90. The molecule has 28 heavy (non-hydrogen) atoms. The molecule has 0 aromatic heterocycles. The minimum Gasteiger partial charge on any atom is -0.490 e. The van der Waals surface area contributed by atoms with E-state index < -0.39 is 0 Å². The van der Waals surface area contributed by atoms with Crippen LogP contribution in [0.2, 0.25) is 0 Å². The molecule has 3 nitrogen and oxygen atoms in total. The van der Waals surface area contributed by atoms with Crippen molar-refractivity contribution in [3.63, 3.8) is 0 Å². The fraction of sp³-hybridized carbons (Fsp3) is 0.417. The molecule has 3 rings (SSSR count). The van der Waals surface area contributed by atoms with E-state index in [0.717, 1.165) is 41.0 Å². The molecule has 0 heterocycles. The van der Waals surface area contributed by atoms with Gasteiger partial charge >= 0.3 is 0 Å². The highest BCUT2D eigenvalue weighted by molar-refractivity contribution is 9.10. The van der Waals surface area contributed by atoms with E-state index in [-0.39, 0.29) is 0 Å². The Morgan fingerprint density at radius 2 is 1.86 bits per heavy atom. The molecule has 0 fully saturated rings. The standard InChI is InChI=1S/C24H30BrNO2/c1-2-27-23-15-21(17-26-14-13-19-9-5-3-6-10-19)22(25)16-24(23)28-18-20-11-7-4-8-12-20/h4,7-9,11-12,15-16,26H,2-3,5-6,10,13-14,17-18H2,1H3. The normalized spacial score (nSPS) is 13.9. The average molecular weight is 444 g/mol. The van der Waals surface area contributed by atoms with Crippen LogP contribution in [0.4, 0.5) is 0 Å². The first-order chi connectivity index (χ1) is 13.8. The van der Waals surface area contributed by atoms with Gasteiger partial charge in [0.05, 0.1) is 6.61 Å². The Morgan fingerprint density at radius 1 is 1.04 bits per heavy atom. The Morgan fingerprint density at radius 3 is 2.61 bits per heavy atom. The van der Waals surface area contributed by atoms with Gasteiger partial charge < -0.3 is 14.8 Å². The van der Waals surface area contributed by atoms with E-state index in [4.69, 9.17) is 9.47 Å². The molecular weight excluding hydrogens is 414 g/mol. The van der Waals surface area contributed by atoms with Crippen LogP contribution in [0.5, 0.6) is 11.5 Å². The molecule has 1 aliphatic rings. The molecule has 0 saturated carbocycles. The van der Waals surface area contributed by atoms with Gasteiger partial charge in [0.1, 0.15) is 6.61 Å². The third-order valence-corrected chi connectivity index (χ3v) is 5.71. The molecule has 0 radical (unpaired) electrons. The zero-order valence-electron chi connectivity index (χ0n) is 16.7. The molecule has 150 valence electrons. The van der Waals surface area contributed by atoms with E-state index in [1.165, 1.54) is 31.2 Å². The molecule has 0 bridgehead atoms. The first-order valence-electron chi connectivity index (χ1n) is 10.3. The second-order valence-electron chi connectivity index (χ2n) is 7.13. The summed E-state index contributed by atoms with van der Waals surface area (Å²) in [4.78, 5) is 0. The lowest BCUT2D eigenvalue weighted by Crippen LogP contribution is -2.16. The lowest BCUT2D eigenvalue weighted by Gasteiger charge is -2.16. The summed E-state index contributed by atoms with van der Waals surface area (Å²) in [7, 11) is 0. The first kappa shape index (κ1) is 20.9. The van der Waals surface area contributed by atoms with Gasteiger partial charge in [-0.2, -0.15) is 0 Å². The maximum atomic E-state index is 6.03. The largest absolute Gasteiger partial charge is 0.490 e. The van der Waals surface area contributed by atoms with Crippen LogP contribution in [0.25, 0.3) is 0 Å². The summed E-state index contributed by atoms with van der Waals surface area (Å²) in [5.41, 5.74) is 3.94. The number of hydrogen-bond acceptors (Lipinski definition) is 3. The van der Waals surface area contributed by atoms with Gasteiger partial charge in [-0.05, 0) is 68.8 Å². The van der Waals surface area contributed by atoms with Crippen molar-refractivity contribution in [2.45, 2.75) is 52.2 Å². The summed E-state index contributed by atoms with van der Waals surface area (Å²) in [5.74, 6) is 1.57. The minimum absolute atomic E-state index is 0.528. The van der Waals surface area contributed by atoms with Crippen molar-refractivity contribution < 1.29 is 9.47 Å². The van der Waals surface area contributed by atoms with Crippen LogP contribution in [-0.2, 0) is 13.2 Å². The number of halogens is 1. The van der Waals surface area contributed by atoms with Crippen molar-refractivity contribution in [1.29, 1.82) is 0 Å². The molecular formula is C24H30BrNO2. The number of benzene rings is 2. The SMILES string of the molecule is CCOc1cc(CNCCC2=CCCCC2)c(Br)cc1OCc1ccccc1. The van der Waals surface area contributed by atoms with Gasteiger partial charge in [-0.3, -0.25) is 0 Å². The van der Waals surface area contributed by atoms with Crippen molar-refractivity contribution in [2.75, 3.05) is 13.2 Å². The Kier molecular flexibility index (Phi) is 8.43. The third-order valence-electron chi connectivity index (χ3n) is 4.97. The Balaban J connectivity index is 1.58. The number of nitrogens with one attached hydrogen (secondary N) is 1. The fourth-order valence-electron chi connectivity index (χ4n) is 3.43. The van der Waals surface area contributed by atoms with E-state index in [2.05, 4.69) is 45.5 Å². The molecule has 0 spiro atoms. The predicted octanol–water partition coefficient (Wildman–Crippen LogP) is 6.41. The Bertz CT molecular complexity index is 774. The summed E-state index contributed by atoms with van der Waals surface area (Å²) < 4.78 is 12.9. The summed E-state index contributed by atoms with van der Waals surface area (Å²) in [6.07, 6.45) is 8.79. The van der Waals surface area contributed by atoms with Gasteiger partial charge in [0.2, 0.25) is 0 Å². The van der Waals surface area contributed by atoms with E-state index in [1.54, 1.807) is 5.57 Å². The van der Waals surface area contributed by atoms with Crippen LogP contribution in [0.15, 0.2) is 58.6 Å². The monoisotopic (exact) mass is 443 g/mol. The van der Waals surface area contributed by atoms with Crippen molar-refractivity contribution in [3.8, 4) is 11.5 Å². The van der Waals surface area contributed by atoms with Crippen molar-refractivity contribution >= 4 is 15.9 Å². The highest BCUT2D eigenvalue weighted by Gasteiger charge is 2.11. The highest BCUT2D eigenvalue weighted by Crippen LogP contribution is 2.34.